The Labute approximate surface area is 200 Å². The molecule has 1 aliphatic heterocycles. The maximum Gasteiger partial charge on any atom is 0.326 e. The van der Waals surface area contributed by atoms with Gasteiger partial charge in [-0.05, 0) is 69.4 Å². The molecule has 1 fully saturated rings. The molecule has 7 N–H and O–H groups in total. The predicted molar refractivity (Wildman–Crippen MR) is 130 cm³/mol. The van der Waals surface area contributed by atoms with Crippen molar-refractivity contribution in [3.63, 3.8) is 0 Å². The van der Waals surface area contributed by atoms with Gasteiger partial charge in [-0.1, -0.05) is 13.8 Å². The van der Waals surface area contributed by atoms with Gasteiger partial charge in [0.05, 0.1) is 6.04 Å². The third-order valence-electron chi connectivity index (χ3n) is 5.69. The molecule has 0 spiro atoms. The highest BCUT2D eigenvalue weighted by Gasteiger charge is 2.37. The van der Waals surface area contributed by atoms with Crippen LogP contribution in [0.3, 0.4) is 0 Å². The van der Waals surface area contributed by atoms with E-state index in [2.05, 4.69) is 10.6 Å². The van der Waals surface area contributed by atoms with Crippen molar-refractivity contribution in [3.05, 3.63) is 0 Å². The van der Waals surface area contributed by atoms with Gasteiger partial charge in [0.25, 0.3) is 0 Å². The van der Waals surface area contributed by atoms with Crippen molar-refractivity contribution in [1.29, 1.82) is 0 Å². The molecule has 4 atom stereocenters. The highest BCUT2D eigenvalue weighted by atomic mass is 32.2. The van der Waals surface area contributed by atoms with Crippen LogP contribution < -0.4 is 22.1 Å². The lowest BCUT2D eigenvalue weighted by atomic mass is 10.0. The molecular weight excluding hydrogens is 446 g/mol. The third-order valence-corrected chi connectivity index (χ3v) is 6.33. The van der Waals surface area contributed by atoms with Gasteiger partial charge in [-0.2, -0.15) is 11.8 Å². The van der Waals surface area contributed by atoms with E-state index in [1.54, 1.807) is 0 Å². The summed E-state index contributed by atoms with van der Waals surface area (Å²) in [7, 11) is 0. The Morgan fingerprint density at radius 3 is 2.39 bits per heavy atom. The molecule has 1 rings (SSSR count). The lowest BCUT2D eigenvalue weighted by Gasteiger charge is -2.29. The molecule has 10 nitrogen and oxygen atoms in total. The zero-order valence-corrected chi connectivity index (χ0v) is 20.9. The van der Waals surface area contributed by atoms with E-state index in [-0.39, 0.29) is 18.2 Å². The van der Waals surface area contributed by atoms with E-state index in [0.717, 1.165) is 0 Å². The van der Waals surface area contributed by atoms with Gasteiger partial charge in [0.1, 0.15) is 18.1 Å². The quantitative estimate of drug-likeness (QED) is 0.205. The first-order valence-electron chi connectivity index (χ1n) is 11.7. The molecule has 1 heterocycles. The number of likely N-dealkylation sites (tertiary alicyclic amines) is 1. The van der Waals surface area contributed by atoms with Gasteiger partial charge in [-0.25, -0.2) is 4.79 Å². The molecule has 0 bridgehead atoms. The van der Waals surface area contributed by atoms with Crippen LogP contribution in [0.25, 0.3) is 0 Å². The van der Waals surface area contributed by atoms with Gasteiger partial charge in [-0.3, -0.25) is 14.4 Å². The van der Waals surface area contributed by atoms with Crippen LogP contribution in [0.1, 0.15) is 58.8 Å². The summed E-state index contributed by atoms with van der Waals surface area (Å²) in [6, 6.07) is -3.29. The van der Waals surface area contributed by atoms with Crippen molar-refractivity contribution < 1.29 is 24.3 Å². The zero-order valence-electron chi connectivity index (χ0n) is 20.0. The summed E-state index contributed by atoms with van der Waals surface area (Å²) in [5.41, 5.74) is 11.6. The van der Waals surface area contributed by atoms with Crippen LogP contribution in [0.4, 0.5) is 0 Å². The Morgan fingerprint density at radius 2 is 1.82 bits per heavy atom. The van der Waals surface area contributed by atoms with Crippen molar-refractivity contribution in [3.8, 4) is 0 Å². The Hall–Kier alpha value is -1.85. The van der Waals surface area contributed by atoms with Crippen molar-refractivity contribution in [1.82, 2.24) is 15.5 Å². The summed E-state index contributed by atoms with van der Waals surface area (Å²) in [6.45, 7) is 4.86. The number of hydrogen-bond acceptors (Lipinski definition) is 7. The largest absolute Gasteiger partial charge is 0.480 e. The summed E-state index contributed by atoms with van der Waals surface area (Å²) >= 11 is 1.49. The summed E-state index contributed by atoms with van der Waals surface area (Å²) in [5, 5.41) is 14.7. The van der Waals surface area contributed by atoms with E-state index in [1.165, 1.54) is 16.7 Å². The topological polar surface area (TPSA) is 168 Å². The lowest BCUT2D eigenvalue weighted by Crippen LogP contribution is -2.56. The number of unbranched alkanes of at least 4 members (excludes halogenated alkanes) is 1. The average molecular weight is 488 g/mol. The average Bonchev–Trinajstić information content (AvgIpc) is 3.24. The molecule has 0 aromatic rings. The van der Waals surface area contributed by atoms with Gasteiger partial charge >= 0.3 is 5.97 Å². The number of aliphatic carboxylic acids is 1. The fourth-order valence-corrected chi connectivity index (χ4v) is 4.39. The molecular formula is C22H41N5O5S. The van der Waals surface area contributed by atoms with Crippen LogP contribution >= 0.6 is 11.8 Å². The normalized spacial score (nSPS) is 18.6. The number of nitrogens with zero attached hydrogens (tertiary/aromatic N) is 1. The number of carbonyl (C=O) groups excluding carboxylic acids is 3. The van der Waals surface area contributed by atoms with Crippen molar-refractivity contribution >= 4 is 35.5 Å². The first-order chi connectivity index (χ1) is 15.6. The van der Waals surface area contributed by atoms with Crippen LogP contribution in [-0.2, 0) is 19.2 Å². The lowest BCUT2D eigenvalue weighted by molar-refractivity contribution is -0.143. The van der Waals surface area contributed by atoms with E-state index in [0.29, 0.717) is 57.4 Å². The number of nitrogens with one attached hydrogen (secondary N) is 2. The maximum absolute atomic E-state index is 13.1. The second-order valence-corrected chi connectivity index (χ2v) is 9.94. The standard InChI is InChI=1S/C22H41N5O5S/c1-14(2)13-15(24)21(30)27-11-6-8-18(27)20(29)25-16(7-4-5-10-23)19(28)26-17(22(31)32)9-12-33-3/h14-18H,4-13,23-24H2,1-3H3,(H,25,29)(H,26,28)(H,31,32). The molecule has 4 unspecified atom stereocenters. The van der Waals surface area contributed by atoms with Crippen LogP contribution in [0, 0.1) is 5.92 Å². The minimum absolute atomic E-state index is 0.253. The number of thioether (sulfide) groups is 1. The van der Waals surface area contributed by atoms with E-state index in [9.17, 15) is 24.3 Å². The molecule has 0 aromatic heterocycles. The first kappa shape index (κ1) is 29.2. The maximum atomic E-state index is 13.1. The van der Waals surface area contributed by atoms with Crippen LogP contribution in [-0.4, -0.2) is 83.0 Å². The van der Waals surface area contributed by atoms with Gasteiger partial charge in [-0.15, -0.1) is 0 Å². The molecule has 1 saturated heterocycles. The summed E-state index contributed by atoms with van der Waals surface area (Å²) in [4.78, 5) is 51.8. The zero-order chi connectivity index (χ0) is 25.0. The van der Waals surface area contributed by atoms with Gasteiger partial charge < -0.3 is 32.1 Å². The second kappa shape index (κ2) is 15.1. The fraction of sp³-hybridized carbons (Fsp3) is 0.818. The molecule has 0 aromatic carbocycles. The number of carbonyl (C=O) groups is 4. The summed E-state index contributed by atoms with van der Waals surface area (Å²) in [5.74, 6) is -1.49. The fourth-order valence-electron chi connectivity index (χ4n) is 3.92. The number of nitrogens with two attached hydrogens (primary N) is 2. The number of carboxylic acids is 1. The molecule has 0 radical (unpaired) electrons. The predicted octanol–water partition coefficient (Wildman–Crippen LogP) is 0.287. The molecule has 3 amide bonds. The summed E-state index contributed by atoms with van der Waals surface area (Å²) in [6.07, 6.45) is 5.45. The molecule has 11 heteroatoms. The minimum atomic E-state index is -1.11. The van der Waals surface area contributed by atoms with Gasteiger partial charge in [0, 0.05) is 6.54 Å². The van der Waals surface area contributed by atoms with E-state index >= 15 is 0 Å². The molecule has 33 heavy (non-hydrogen) atoms. The highest BCUT2D eigenvalue weighted by Crippen LogP contribution is 2.20. The smallest absolute Gasteiger partial charge is 0.326 e. The monoisotopic (exact) mass is 487 g/mol. The number of hydrogen-bond donors (Lipinski definition) is 5. The first-order valence-corrected chi connectivity index (χ1v) is 13.1. The van der Waals surface area contributed by atoms with Crippen molar-refractivity contribution in [2.75, 3.05) is 25.1 Å². The molecule has 190 valence electrons. The van der Waals surface area contributed by atoms with Gasteiger partial charge in [0.15, 0.2) is 0 Å². The molecule has 1 aliphatic rings. The Kier molecular flexibility index (Phi) is 13.4. The Morgan fingerprint density at radius 1 is 1.12 bits per heavy atom. The third kappa shape index (κ3) is 9.89. The SMILES string of the molecule is CSCCC(NC(=O)C(CCCCN)NC(=O)C1CCCN1C(=O)C(N)CC(C)C)C(=O)O. The van der Waals surface area contributed by atoms with E-state index < -0.39 is 42.0 Å². The Balaban J connectivity index is 2.88. The Bertz CT molecular complexity index is 663. The molecule has 0 aliphatic carbocycles. The second-order valence-electron chi connectivity index (χ2n) is 8.95. The van der Waals surface area contributed by atoms with E-state index in [1.807, 2.05) is 20.1 Å². The molecule has 0 saturated carbocycles. The number of rotatable bonds is 15. The number of carboxylic acid groups (broad SMARTS) is 1. The van der Waals surface area contributed by atoms with E-state index in [4.69, 9.17) is 11.5 Å². The van der Waals surface area contributed by atoms with Crippen LogP contribution in [0.15, 0.2) is 0 Å². The highest BCUT2D eigenvalue weighted by molar-refractivity contribution is 7.98. The van der Waals surface area contributed by atoms with Crippen molar-refractivity contribution in [2.45, 2.75) is 83.0 Å². The number of amides is 3. The minimum Gasteiger partial charge on any atom is -0.480 e. The van der Waals surface area contributed by atoms with Crippen LogP contribution in [0.2, 0.25) is 0 Å². The van der Waals surface area contributed by atoms with Crippen LogP contribution in [0.5, 0.6) is 0 Å². The summed E-state index contributed by atoms with van der Waals surface area (Å²) < 4.78 is 0. The van der Waals surface area contributed by atoms with Crippen molar-refractivity contribution in [2.24, 2.45) is 17.4 Å². The van der Waals surface area contributed by atoms with Gasteiger partial charge in [0.2, 0.25) is 17.7 Å².